The van der Waals surface area contributed by atoms with Crippen molar-refractivity contribution in [3.63, 3.8) is 0 Å². The van der Waals surface area contributed by atoms with Gasteiger partial charge >= 0.3 is 0 Å². The summed E-state index contributed by atoms with van der Waals surface area (Å²) in [6.45, 7) is 1.03. The summed E-state index contributed by atoms with van der Waals surface area (Å²) < 4.78 is 3.13. The summed E-state index contributed by atoms with van der Waals surface area (Å²) in [6.07, 6.45) is 10.9. The maximum absolute atomic E-state index is 6.41. The minimum Gasteiger partial charge on any atom is -0.364 e. The van der Waals surface area contributed by atoms with Gasteiger partial charge in [-0.1, -0.05) is 72.1 Å². The zero-order chi connectivity index (χ0) is 22.1. The number of nitrogens with zero attached hydrogens (tertiary/aromatic N) is 1. The summed E-state index contributed by atoms with van der Waals surface area (Å²) in [6, 6.07) is 14.1. The van der Waals surface area contributed by atoms with Gasteiger partial charge in [-0.05, 0) is 87.0 Å². The van der Waals surface area contributed by atoms with E-state index in [0.29, 0.717) is 11.1 Å². The van der Waals surface area contributed by atoms with Crippen molar-refractivity contribution < 1.29 is 0 Å². The van der Waals surface area contributed by atoms with Crippen LogP contribution in [0.2, 0.25) is 15.1 Å². The molecule has 0 amide bonds. The molecular formula is C25H33Cl3N2S. The molecule has 2 fully saturated rings. The fourth-order valence-corrected chi connectivity index (χ4v) is 5.92. The Bertz CT molecular complexity index is 794. The van der Waals surface area contributed by atoms with Crippen LogP contribution in [-0.4, -0.2) is 19.3 Å². The molecule has 6 heteroatoms. The molecule has 2 nitrogen and oxygen atoms in total. The molecule has 0 aromatic heterocycles. The molecule has 1 N–H and O–H groups in total. The Labute approximate surface area is 207 Å². The zero-order valence-corrected chi connectivity index (χ0v) is 21.3. The summed E-state index contributed by atoms with van der Waals surface area (Å²) in [5.41, 5.74) is 2.34. The highest BCUT2D eigenvalue weighted by Crippen LogP contribution is 2.39. The van der Waals surface area contributed by atoms with Crippen LogP contribution in [0.3, 0.4) is 0 Å². The minimum atomic E-state index is 0.296. The molecule has 1 aliphatic carbocycles. The van der Waals surface area contributed by atoms with Crippen LogP contribution in [0.15, 0.2) is 42.5 Å². The van der Waals surface area contributed by atoms with E-state index in [0.717, 1.165) is 34.5 Å². The lowest BCUT2D eigenvalue weighted by Gasteiger charge is -2.38. The van der Waals surface area contributed by atoms with E-state index >= 15 is 0 Å². The van der Waals surface area contributed by atoms with Crippen LogP contribution in [-0.2, 0) is 0 Å². The highest BCUT2D eigenvalue weighted by Gasteiger charge is 2.26. The van der Waals surface area contributed by atoms with Crippen molar-refractivity contribution in [3.8, 4) is 0 Å². The lowest BCUT2D eigenvalue weighted by molar-refractivity contribution is 0.390. The average molecular weight is 500 g/mol. The first-order valence-corrected chi connectivity index (χ1v) is 13.5. The molecule has 0 radical (unpaired) electrons. The first kappa shape index (κ1) is 25.1. The van der Waals surface area contributed by atoms with E-state index in [-0.39, 0.29) is 0 Å². The molecule has 1 saturated heterocycles. The van der Waals surface area contributed by atoms with Crippen molar-refractivity contribution in [2.75, 3.05) is 24.2 Å². The summed E-state index contributed by atoms with van der Waals surface area (Å²) in [4.78, 5) is 2.41. The number of hydrogen-bond acceptors (Lipinski definition) is 3. The van der Waals surface area contributed by atoms with Gasteiger partial charge in [-0.25, -0.2) is 0 Å². The molecule has 1 saturated carbocycles. The summed E-state index contributed by atoms with van der Waals surface area (Å²) in [7, 11) is 2.01. The number of halogens is 3. The van der Waals surface area contributed by atoms with Crippen LogP contribution in [0.5, 0.6) is 0 Å². The summed E-state index contributed by atoms with van der Waals surface area (Å²) >= 11 is 20.3. The van der Waals surface area contributed by atoms with Gasteiger partial charge in [-0.15, -0.1) is 0 Å². The maximum atomic E-state index is 6.41. The lowest BCUT2D eigenvalue weighted by Crippen LogP contribution is -2.33. The number of benzene rings is 2. The van der Waals surface area contributed by atoms with E-state index in [2.05, 4.69) is 21.8 Å². The third-order valence-corrected chi connectivity index (χ3v) is 7.91. The molecule has 31 heavy (non-hydrogen) atoms. The van der Waals surface area contributed by atoms with E-state index in [1.54, 1.807) is 0 Å². The highest BCUT2D eigenvalue weighted by atomic mass is 35.5. The molecule has 170 valence electrons. The van der Waals surface area contributed by atoms with Crippen molar-refractivity contribution >= 4 is 52.4 Å². The first-order chi connectivity index (χ1) is 15.1. The second-order valence-electron chi connectivity index (χ2n) is 8.37. The molecule has 1 heterocycles. The van der Waals surface area contributed by atoms with Crippen molar-refractivity contribution in [2.45, 2.75) is 57.4 Å². The van der Waals surface area contributed by atoms with Gasteiger partial charge in [0.1, 0.15) is 0 Å². The molecule has 0 spiro atoms. The van der Waals surface area contributed by atoms with Crippen molar-refractivity contribution in [2.24, 2.45) is 5.92 Å². The Hall–Kier alpha value is -0.580. The van der Waals surface area contributed by atoms with E-state index < -0.39 is 0 Å². The Balaban J connectivity index is 0.000000229. The van der Waals surface area contributed by atoms with Gasteiger partial charge in [-0.2, -0.15) is 0 Å². The largest absolute Gasteiger partial charge is 0.364 e. The molecule has 1 aliphatic heterocycles. The van der Waals surface area contributed by atoms with Crippen LogP contribution in [0.25, 0.3) is 0 Å². The Morgan fingerprint density at radius 3 is 2.23 bits per heavy atom. The number of hydrogen-bond donors (Lipinski definition) is 1. The highest BCUT2D eigenvalue weighted by molar-refractivity contribution is 7.97. The Kier molecular flexibility index (Phi) is 10.7. The van der Waals surface area contributed by atoms with Crippen LogP contribution in [0, 0.1) is 5.92 Å². The summed E-state index contributed by atoms with van der Waals surface area (Å²) in [5, 5.41) is 2.18. The zero-order valence-electron chi connectivity index (χ0n) is 18.3. The smallest absolute Gasteiger partial charge is 0.0557 e. The second kappa shape index (κ2) is 13.2. The van der Waals surface area contributed by atoms with E-state index in [9.17, 15) is 0 Å². The Morgan fingerprint density at radius 2 is 1.55 bits per heavy atom. The standard InChI is InChI=1S/C17H16Cl3N.C8H17NS/c18-12-4-7-14(8-5-12)21-10-2-1-3-17(21)15-9-6-13(19)11-16(15)20;1-9-10-7-8-5-3-2-4-6-8/h4-9,11,17H,1-3,10H2;8-9H,2-7H2,1H3. The maximum Gasteiger partial charge on any atom is 0.0557 e. The molecule has 1 unspecified atom stereocenters. The molecular weight excluding hydrogens is 467 g/mol. The third-order valence-electron chi connectivity index (χ3n) is 6.17. The predicted molar refractivity (Wildman–Crippen MR) is 140 cm³/mol. The molecule has 4 rings (SSSR count). The molecule has 1 atom stereocenters. The first-order valence-electron chi connectivity index (χ1n) is 11.3. The Morgan fingerprint density at radius 1 is 0.871 bits per heavy atom. The van der Waals surface area contributed by atoms with E-state index in [1.165, 1.54) is 56.4 Å². The predicted octanol–water partition coefficient (Wildman–Crippen LogP) is 8.81. The SMILES string of the molecule is CNSCC1CCCCC1.Clc1ccc(N2CCCCC2c2ccc(Cl)cc2Cl)cc1. The van der Waals surface area contributed by atoms with Crippen LogP contribution in [0.1, 0.15) is 63.0 Å². The normalized spacial score (nSPS) is 19.6. The fourth-order valence-electron chi connectivity index (χ4n) is 4.52. The monoisotopic (exact) mass is 498 g/mol. The molecule has 0 bridgehead atoms. The van der Waals surface area contributed by atoms with Gasteiger partial charge < -0.3 is 4.90 Å². The summed E-state index contributed by atoms with van der Waals surface area (Å²) in [5.74, 6) is 2.32. The second-order valence-corrected chi connectivity index (χ2v) is 10.7. The van der Waals surface area contributed by atoms with Gasteiger partial charge in [0.05, 0.1) is 6.04 Å². The molecule has 2 aliphatic rings. The minimum absolute atomic E-state index is 0.296. The molecule has 2 aromatic rings. The molecule has 2 aromatic carbocycles. The quantitative estimate of drug-likeness (QED) is 0.414. The number of nitrogens with one attached hydrogen (secondary N) is 1. The lowest BCUT2D eigenvalue weighted by atomic mass is 9.91. The van der Waals surface area contributed by atoms with E-state index in [4.69, 9.17) is 34.8 Å². The average Bonchev–Trinajstić information content (AvgIpc) is 2.79. The van der Waals surface area contributed by atoms with Crippen molar-refractivity contribution in [1.82, 2.24) is 4.72 Å². The number of piperidine rings is 1. The van der Waals surface area contributed by atoms with Gasteiger partial charge in [0.2, 0.25) is 0 Å². The topological polar surface area (TPSA) is 15.3 Å². The fraction of sp³-hybridized carbons (Fsp3) is 0.520. The van der Waals surface area contributed by atoms with Gasteiger partial charge in [0, 0.05) is 33.1 Å². The third kappa shape index (κ3) is 7.75. The van der Waals surface area contributed by atoms with Gasteiger partial charge in [0.25, 0.3) is 0 Å². The van der Waals surface area contributed by atoms with Crippen molar-refractivity contribution in [1.29, 1.82) is 0 Å². The number of anilines is 1. The van der Waals surface area contributed by atoms with Gasteiger partial charge in [-0.3, -0.25) is 4.72 Å². The van der Waals surface area contributed by atoms with Gasteiger partial charge in [0.15, 0.2) is 0 Å². The number of rotatable bonds is 5. The van der Waals surface area contributed by atoms with E-state index in [1.807, 2.05) is 49.3 Å². The van der Waals surface area contributed by atoms with Crippen LogP contribution >= 0.6 is 46.8 Å². The van der Waals surface area contributed by atoms with Crippen LogP contribution in [0.4, 0.5) is 5.69 Å². The van der Waals surface area contributed by atoms with Crippen molar-refractivity contribution in [3.05, 3.63) is 63.1 Å². The van der Waals surface area contributed by atoms with Crippen LogP contribution < -0.4 is 9.62 Å².